The van der Waals surface area contributed by atoms with Gasteiger partial charge in [-0.1, -0.05) is 31.5 Å². The van der Waals surface area contributed by atoms with E-state index in [2.05, 4.69) is 24.0 Å². The summed E-state index contributed by atoms with van der Waals surface area (Å²) in [4.78, 5) is 11.9. The molecule has 0 amide bonds. The predicted octanol–water partition coefficient (Wildman–Crippen LogP) is 1.91. The maximum Gasteiger partial charge on any atom is 0.347 e. The number of aryl methyl sites for hydroxylation is 1. The van der Waals surface area contributed by atoms with Crippen molar-refractivity contribution in [3.05, 3.63) is 46.1 Å². The molecule has 0 aliphatic rings. The molecule has 0 spiro atoms. The van der Waals surface area contributed by atoms with E-state index in [1.54, 1.807) is 4.57 Å². The molecule has 0 aliphatic carbocycles. The van der Waals surface area contributed by atoms with Crippen LogP contribution in [0, 0.1) is 12.8 Å². The number of rotatable bonds is 4. The van der Waals surface area contributed by atoms with Crippen LogP contribution in [0.3, 0.4) is 0 Å². The van der Waals surface area contributed by atoms with Gasteiger partial charge in [-0.3, -0.25) is 0 Å². The van der Waals surface area contributed by atoms with Gasteiger partial charge in [0.1, 0.15) is 0 Å². The lowest BCUT2D eigenvalue weighted by Gasteiger charge is -2.14. The summed E-state index contributed by atoms with van der Waals surface area (Å²) in [6, 6.07) is 7.48. The lowest BCUT2D eigenvalue weighted by molar-refractivity contribution is 0.487. The Hall–Kier alpha value is -1.88. The number of hydrogen-bond acceptors (Lipinski definition) is 3. The minimum Gasteiger partial charge on any atom is -0.321 e. The highest BCUT2D eigenvalue weighted by atomic mass is 16.1. The maximum atomic E-state index is 11.9. The third-order valence-electron chi connectivity index (χ3n) is 3.05. The molecule has 5 nitrogen and oxygen atoms in total. The molecule has 0 unspecified atom stereocenters. The molecule has 0 aliphatic heterocycles. The van der Waals surface area contributed by atoms with Crippen molar-refractivity contribution in [3.63, 3.8) is 0 Å². The molecular formula is C14H20N4O. The topological polar surface area (TPSA) is 76.7 Å². The molecule has 0 saturated heterocycles. The molecule has 0 saturated carbocycles. The number of aromatic nitrogens is 3. The van der Waals surface area contributed by atoms with Crippen molar-refractivity contribution in [3.8, 4) is 5.69 Å². The van der Waals surface area contributed by atoms with Gasteiger partial charge in [0.25, 0.3) is 0 Å². The van der Waals surface area contributed by atoms with E-state index in [9.17, 15) is 4.79 Å². The van der Waals surface area contributed by atoms with Gasteiger partial charge >= 0.3 is 5.69 Å². The SMILES string of the molecule is Cc1ccc(-n2c([C@@H](N)CC(C)C)n[nH]c2=O)cc1. The van der Waals surface area contributed by atoms with E-state index < -0.39 is 0 Å². The van der Waals surface area contributed by atoms with Gasteiger partial charge in [-0.25, -0.2) is 14.5 Å². The van der Waals surface area contributed by atoms with Crippen LogP contribution in [-0.2, 0) is 0 Å². The van der Waals surface area contributed by atoms with Gasteiger partial charge in [0.2, 0.25) is 0 Å². The first-order valence-corrected chi connectivity index (χ1v) is 6.49. The zero-order valence-corrected chi connectivity index (χ0v) is 11.6. The Morgan fingerprint density at radius 2 is 1.95 bits per heavy atom. The van der Waals surface area contributed by atoms with Crippen LogP contribution >= 0.6 is 0 Å². The second-order valence-corrected chi connectivity index (χ2v) is 5.29. The van der Waals surface area contributed by atoms with Gasteiger partial charge in [0.15, 0.2) is 5.82 Å². The largest absolute Gasteiger partial charge is 0.347 e. The fraction of sp³-hybridized carbons (Fsp3) is 0.429. The Balaban J connectivity index is 2.43. The van der Waals surface area contributed by atoms with E-state index in [-0.39, 0.29) is 11.7 Å². The second kappa shape index (κ2) is 5.40. The maximum absolute atomic E-state index is 11.9. The van der Waals surface area contributed by atoms with Gasteiger partial charge in [0.05, 0.1) is 11.7 Å². The van der Waals surface area contributed by atoms with Crippen molar-refractivity contribution in [2.24, 2.45) is 11.7 Å². The summed E-state index contributed by atoms with van der Waals surface area (Å²) < 4.78 is 1.55. The molecule has 3 N–H and O–H groups in total. The number of hydrogen-bond donors (Lipinski definition) is 2. The number of H-pyrrole nitrogens is 1. The van der Waals surface area contributed by atoms with Crippen molar-refractivity contribution in [2.75, 3.05) is 0 Å². The van der Waals surface area contributed by atoms with E-state index in [0.29, 0.717) is 11.7 Å². The van der Waals surface area contributed by atoms with E-state index in [4.69, 9.17) is 5.73 Å². The second-order valence-electron chi connectivity index (χ2n) is 5.29. The summed E-state index contributed by atoms with van der Waals surface area (Å²) in [5.74, 6) is 1.04. The molecule has 2 aromatic rings. The molecule has 1 atom stereocenters. The van der Waals surface area contributed by atoms with Crippen molar-refractivity contribution in [1.82, 2.24) is 14.8 Å². The highest BCUT2D eigenvalue weighted by Crippen LogP contribution is 2.18. The molecule has 1 aromatic carbocycles. The average molecular weight is 260 g/mol. The number of aromatic amines is 1. The van der Waals surface area contributed by atoms with Crippen LogP contribution in [0.15, 0.2) is 29.1 Å². The summed E-state index contributed by atoms with van der Waals surface area (Å²) in [7, 11) is 0. The summed E-state index contributed by atoms with van der Waals surface area (Å²) in [6.45, 7) is 6.20. The monoisotopic (exact) mass is 260 g/mol. The molecule has 1 heterocycles. The smallest absolute Gasteiger partial charge is 0.321 e. The Labute approximate surface area is 112 Å². The lowest BCUT2D eigenvalue weighted by Crippen LogP contribution is -2.22. The van der Waals surface area contributed by atoms with E-state index in [0.717, 1.165) is 17.7 Å². The number of nitrogens with one attached hydrogen (secondary N) is 1. The third kappa shape index (κ3) is 2.93. The summed E-state index contributed by atoms with van der Waals surface area (Å²) >= 11 is 0. The molecule has 0 bridgehead atoms. The van der Waals surface area contributed by atoms with Gasteiger partial charge in [-0.05, 0) is 31.4 Å². The van der Waals surface area contributed by atoms with Crippen LogP contribution in [0.25, 0.3) is 5.69 Å². The highest BCUT2D eigenvalue weighted by molar-refractivity contribution is 5.35. The zero-order valence-electron chi connectivity index (χ0n) is 11.6. The van der Waals surface area contributed by atoms with Crippen molar-refractivity contribution < 1.29 is 0 Å². The molecule has 19 heavy (non-hydrogen) atoms. The van der Waals surface area contributed by atoms with Crippen LogP contribution in [-0.4, -0.2) is 14.8 Å². The van der Waals surface area contributed by atoms with Crippen LogP contribution in [0.4, 0.5) is 0 Å². The van der Waals surface area contributed by atoms with Gasteiger partial charge < -0.3 is 5.73 Å². The van der Waals surface area contributed by atoms with Gasteiger partial charge in [-0.15, -0.1) is 0 Å². The molecular weight excluding hydrogens is 240 g/mol. The Kier molecular flexibility index (Phi) is 3.85. The van der Waals surface area contributed by atoms with Crippen LogP contribution in [0.5, 0.6) is 0 Å². The Morgan fingerprint density at radius 1 is 1.32 bits per heavy atom. The van der Waals surface area contributed by atoms with E-state index in [1.807, 2.05) is 31.2 Å². The quantitative estimate of drug-likeness (QED) is 0.881. The van der Waals surface area contributed by atoms with Crippen LogP contribution < -0.4 is 11.4 Å². The fourth-order valence-electron chi connectivity index (χ4n) is 2.11. The molecule has 5 heteroatoms. The molecule has 2 rings (SSSR count). The predicted molar refractivity (Wildman–Crippen MR) is 75.3 cm³/mol. The fourth-order valence-corrected chi connectivity index (χ4v) is 2.11. The van der Waals surface area contributed by atoms with Crippen LogP contribution in [0.1, 0.15) is 37.7 Å². The molecule has 0 radical (unpaired) electrons. The van der Waals surface area contributed by atoms with E-state index in [1.165, 1.54) is 0 Å². The van der Waals surface area contributed by atoms with Gasteiger partial charge in [0, 0.05) is 0 Å². The highest BCUT2D eigenvalue weighted by Gasteiger charge is 2.18. The van der Waals surface area contributed by atoms with Crippen molar-refractivity contribution >= 4 is 0 Å². The standard InChI is InChI=1S/C14H20N4O/c1-9(2)8-12(15)13-16-17-14(19)18(13)11-6-4-10(3)5-7-11/h4-7,9,12H,8,15H2,1-3H3,(H,17,19)/t12-/m0/s1. The summed E-state index contributed by atoms with van der Waals surface area (Å²) in [5, 5.41) is 6.55. The first-order chi connectivity index (χ1) is 8.99. The molecule has 102 valence electrons. The summed E-state index contributed by atoms with van der Waals surface area (Å²) in [6.07, 6.45) is 0.788. The van der Waals surface area contributed by atoms with Crippen LogP contribution in [0.2, 0.25) is 0 Å². The average Bonchev–Trinajstić information content (AvgIpc) is 2.71. The number of benzene rings is 1. The molecule has 1 aromatic heterocycles. The minimum absolute atomic E-state index is 0.250. The lowest BCUT2D eigenvalue weighted by atomic mass is 10.0. The van der Waals surface area contributed by atoms with E-state index >= 15 is 0 Å². The Morgan fingerprint density at radius 3 is 2.53 bits per heavy atom. The minimum atomic E-state index is -0.252. The molecule has 0 fully saturated rings. The zero-order chi connectivity index (χ0) is 14.0. The number of nitrogens with zero attached hydrogens (tertiary/aromatic N) is 2. The normalized spacial score (nSPS) is 12.9. The third-order valence-corrected chi connectivity index (χ3v) is 3.05. The first kappa shape index (κ1) is 13.5. The summed E-state index contributed by atoms with van der Waals surface area (Å²) in [5.41, 5.74) is 7.82. The first-order valence-electron chi connectivity index (χ1n) is 6.49. The Bertz CT molecular complexity index is 595. The van der Waals surface area contributed by atoms with Crippen molar-refractivity contribution in [1.29, 1.82) is 0 Å². The van der Waals surface area contributed by atoms with Crippen molar-refractivity contribution in [2.45, 2.75) is 33.2 Å². The van der Waals surface area contributed by atoms with Gasteiger partial charge in [-0.2, -0.15) is 5.10 Å². The number of nitrogens with two attached hydrogens (primary N) is 1.